The van der Waals surface area contributed by atoms with Gasteiger partial charge in [-0.15, -0.1) is 0 Å². The summed E-state index contributed by atoms with van der Waals surface area (Å²) in [4.78, 5) is 12.4. The Bertz CT molecular complexity index is 620. The minimum absolute atomic E-state index is 0.00398. The van der Waals surface area contributed by atoms with Crippen molar-refractivity contribution in [1.82, 2.24) is 0 Å². The summed E-state index contributed by atoms with van der Waals surface area (Å²) in [6.07, 6.45) is 0. The summed E-state index contributed by atoms with van der Waals surface area (Å²) in [5, 5.41) is 0.618. The van der Waals surface area contributed by atoms with E-state index in [1.807, 2.05) is 32.0 Å². The Morgan fingerprint density at radius 1 is 1.17 bits per heavy atom. The predicted molar refractivity (Wildman–Crippen MR) is 78.5 cm³/mol. The zero-order valence-corrected chi connectivity index (χ0v) is 12.5. The second-order valence-electron chi connectivity index (χ2n) is 4.21. The van der Waals surface area contributed by atoms with Gasteiger partial charge in [-0.3, -0.25) is 4.79 Å². The van der Waals surface area contributed by atoms with E-state index in [2.05, 4.69) is 15.9 Å². The van der Waals surface area contributed by atoms with Crippen LogP contribution in [0.15, 0.2) is 40.9 Å². The Balaban J connectivity index is 2.48. The van der Waals surface area contributed by atoms with Crippen molar-refractivity contribution in [2.75, 3.05) is 0 Å². The Morgan fingerprint density at radius 3 is 2.56 bits per heavy atom. The zero-order valence-electron chi connectivity index (χ0n) is 10.1. The topological polar surface area (TPSA) is 17.1 Å². The summed E-state index contributed by atoms with van der Waals surface area (Å²) >= 11 is 9.48. The third-order valence-corrected chi connectivity index (χ3v) is 4.21. The SMILES string of the molecule is Cc1ccc(C(=O)c2cccc(Cl)c2C)cc1Br. The van der Waals surface area contributed by atoms with Gasteiger partial charge in [0.2, 0.25) is 0 Å². The highest BCUT2D eigenvalue weighted by atomic mass is 79.9. The molecule has 0 radical (unpaired) electrons. The Labute approximate surface area is 120 Å². The summed E-state index contributed by atoms with van der Waals surface area (Å²) in [6, 6.07) is 11.0. The summed E-state index contributed by atoms with van der Waals surface area (Å²) in [7, 11) is 0. The lowest BCUT2D eigenvalue weighted by atomic mass is 9.98. The highest BCUT2D eigenvalue weighted by Crippen LogP contribution is 2.24. The molecule has 0 bridgehead atoms. The monoisotopic (exact) mass is 322 g/mol. The molecule has 0 saturated carbocycles. The largest absolute Gasteiger partial charge is 0.289 e. The summed E-state index contributed by atoms with van der Waals surface area (Å²) < 4.78 is 0.938. The molecular weight excluding hydrogens is 312 g/mol. The maximum atomic E-state index is 12.4. The zero-order chi connectivity index (χ0) is 13.3. The van der Waals surface area contributed by atoms with Crippen molar-refractivity contribution in [3.05, 3.63) is 68.1 Å². The van der Waals surface area contributed by atoms with Gasteiger partial charge in [-0.05, 0) is 37.1 Å². The first-order chi connectivity index (χ1) is 8.50. The lowest BCUT2D eigenvalue weighted by Gasteiger charge is -2.07. The molecular formula is C15H12BrClO. The second kappa shape index (κ2) is 5.25. The quantitative estimate of drug-likeness (QED) is 0.715. The van der Waals surface area contributed by atoms with Crippen LogP contribution in [0.3, 0.4) is 0 Å². The molecule has 2 aromatic carbocycles. The third-order valence-electron chi connectivity index (χ3n) is 2.95. The average Bonchev–Trinajstić information content (AvgIpc) is 2.35. The van der Waals surface area contributed by atoms with Gasteiger partial charge in [0.25, 0.3) is 0 Å². The molecule has 92 valence electrons. The first kappa shape index (κ1) is 13.3. The lowest BCUT2D eigenvalue weighted by Crippen LogP contribution is -2.04. The van der Waals surface area contributed by atoms with E-state index in [1.165, 1.54) is 0 Å². The molecule has 0 heterocycles. The van der Waals surface area contributed by atoms with Gasteiger partial charge in [0.15, 0.2) is 5.78 Å². The van der Waals surface area contributed by atoms with Gasteiger partial charge >= 0.3 is 0 Å². The molecule has 0 aliphatic carbocycles. The van der Waals surface area contributed by atoms with Crippen LogP contribution < -0.4 is 0 Å². The van der Waals surface area contributed by atoms with E-state index in [9.17, 15) is 4.79 Å². The summed E-state index contributed by atoms with van der Waals surface area (Å²) in [5.74, 6) is -0.00398. The molecule has 0 amide bonds. The smallest absolute Gasteiger partial charge is 0.193 e. The van der Waals surface area contributed by atoms with Gasteiger partial charge in [-0.2, -0.15) is 0 Å². The number of ketones is 1. The minimum Gasteiger partial charge on any atom is -0.289 e. The fourth-order valence-electron chi connectivity index (χ4n) is 1.74. The first-order valence-electron chi connectivity index (χ1n) is 5.56. The highest BCUT2D eigenvalue weighted by molar-refractivity contribution is 9.10. The molecule has 0 fully saturated rings. The van der Waals surface area contributed by atoms with Gasteiger partial charge in [0.1, 0.15) is 0 Å². The number of aryl methyl sites for hydroxylation is 1. The Hall–Kier alpha value is -1.12. The number of halogens is 2. The van der Waals surface area contributed by atoms with Crippen molar-refractivity contribution in [3.8, 4) is 0 Å². The molecule has 1 nitrogen and oxygen atoms in total. The molecule has 0 aromatic heterocycles. The molecule has 2 rings (SSSR count). The Morgan fingerprint density at radius 2 is 1.89 bits per heavy atom. The second-order valence-corrected chi connectivity index (χ2v) is 5.47. The maximum Gasteiger partial charge on any atom is 0.193 e. The number of carbonyl (C=O) groups excluding carboxylic acids is 1. The van der Waals surface area contributed by atoms with Crippen molar-refractivity contribution in [1.29, 1.82) is 0 Å². The van der Waals surface area contributed by atoms with E-state index in [1.54, 1.807) is 18.2 Å². The van der Waals surface area contributed by atoms with Crippen LogP contribution in [0.25, 0.3) is 0 Å². The number of hydrogen-bond donors (Lipinski definition) is 0. The molecule has 0 N–H and O–H groups in total. The fraction of sp³-hybridized carbons (Fsp3) is 0.133. The van der Waals surface area contributed by atoms with E-state index in [-0.39, 0.29) is 5.78 Å². The maximum absolute atomic E-state index is 12.4. The molecule has 0 unspecified atom stereocenters. The van der Waals surface area contributed by atoms with Crippen molar-refractivity contribution in [3.63, 3.8) is 0 Å². The van der Waals surface area contributed by atoms with Crippen LogP contribution in [0.4, 0.5) is 0 Å². The molecule has 0 saturated heterocycles. The predicted octanol–water partition coefficient (Wildman–Crippen LogP) is 4.95. The van der Waals surface area contributed by atoms with Crippen molar-refractivity contribution >= 4 is 33.3 Å². The van der Waals surface area contributed by atoms with Crippen LogP contribution in [0.5, 0.6) is 0 Å². The number of rotatable bonds is 2. The van der Waals surface area contributed by atoms with Crippen molar-refractivity contribution in [2.45, 2.75) is 13.8 Å². The molecule has 2 aromatic rings. The normalized spacial score (nSPS) is 10.4. The fourth-order valence-corrected chi connectivity index (χ4v) is 2.30. The van der Waals surface area contributed by atoms with Crippen LogP contribution in [0.2, 0.25) is 5.02 Å². The van der Waals surface area contributed by atoms with Crippen LogP contribution in [0, 0.1) is 13.8 Å². The molecule has 3 heteroatoms. The van der Waals surface area contributed by atoms with E-state index in [0.717, 1.165) is 15.6 Å². The lowest BCUT2D eigenvalue weighted by molar-refractivity contribution is 0.103. The van der Waals surface area contributed by atoms with E-state index >= 15 is 0 Å². The number of carbonyl (C=O) groups is 1. The van der Waals surface area contributed by atoms with Gasteiger partial charge in [0.05, 0.1) is 0 Å². The third kappa shape index (κ3) is 2.50. The van der Waals surface area contributed by atoms with Crippen LogP contribution in [0.1, 0.15) is 27.0 Å². The van der Waals surface area contributed by atoms with E-state index in [0.29, 0.717) is 16.1 Å². The van der Waals surface area contributed by atoms with Crippen LogP contribution >= 0.6 is 27.5 Å². The van der Waals surface area contributed by atoms with E-state index < -0.39 is 0 Å². The van der Waals surface area contributed by atoms with Crippen molar-refractivity contribution < 1.29 is 4.79 Å². The minimum atomic E-state index is -0.00398. The summed E-state index contributed by atoms with van der Waals surface area (Å²) in [5.41, 5.74) is 3.24. The van der Waals surface area contributed by atoms with Gasteiger partial charge in [0, 0.05) is 20.6 Å². The van der Waals surface area contributed by atoms with Crippen molar-refractivity contribution in [2.24, 2.45) is 0 Å². The van der Waals surface area contributed by atoms with Crippen LogP contribution in [-0.4, -0.2) is 5.78 Å². The van der Waals surface area contributed by atoms with Gasteiger partial charge < -0.3 is 0 Å². The van der Waals surface area contributed by atoms with E-state index in [4.69, 9.17) is 11.6 Å². The molecule has 0 spiro atoms. The average molecular weight is 324 g/mol. The molecule has 0 atom stereocenters. The molecule has 0 aliphatic heterocycles. The Kier molecular flexibility index (Phi) is 3.88. The highest BCUT2D eigenvalue weighted by Gasteiger charge is 2.13. The number of hydrogen-bond acceptors (Lipinski definition) is 1. The standard InChI is InChI=1S/C15H12BrClO/c1-9-6-7-11(8-13(9)16)15(18)12-4-3-5-14(17)10(12)2/h3-8H,1-2H3. The van der Waals surface area contributed by atoms with Gasteiger partial charge in [-0.25, -0.2) is 0 Å². The molecule has 0 aliphatic rings. The van der Waals surface area contributed by atoms with Gasteiger partial charge in [-0.1, -0.05) is 51.8 Å². The summed E-state index contributed by atoms with van der Waals surface area (Å²) in [6.45, 7) is 3.85. The molecule has 18 heavy (non-hydrogen) atoms. The number of benzene rings is 2. The first-order valence-corrected chi connectivity index (χ1v) is 6.74. The van der Waals surface area contributed by atoms with Crippen LogP contribution in [-0.2, 0) is 0 Å².